The topological polar surface area (TPSA) is 37.4 Å². The average molecular weight is 328 g/mol. The van der Waals surface area contributed by atoms with Crippen LogP contribution in [0.1, 0.15) is 37.3 Å². The van der Waals surface area contributed by atoms with Crippen LogP contribution in [0.3, 0.4) is 0 Å². The highest BCUT2D eigenvalue weighted by Crippen LogP contribution is 2.30. The van der Waals surface area contributed by atoms with Gasteiger partial charge in [0.05, 0.1) is 4.90 Å². The molecule has 1 fully saturated rings. The molecule has 21 heavy (non-hydrogen) atoms. The lowest BCUT2D eigenvalue weighted by Crippen LogP contribution is -2.40. The molecule has 1 heterocycles. The molecule has 3 nitrogen and oxygen atoms in total. The molecule has 5 heteroatoms. The summed E-state index contributed by atoms with van der Waals surface area (Å²) in [4.78, 5) is 0.459. The summed E-state index contributed by atoms with van der Waals surface area (Å²) in [5.41, 5.74) is 2.52. The summed E-state index contributed by atoms with van der Waals surface area (Å²) in [7, 11) is -3.34. The number of aryl methyl sites for hydroxylation is 2. The van der Waals surface area contributed by atoms with Gasteiger partial charge in [-0.2, -0.15) is 4.31 Å². The number of alkyl halides is 1. The van der Waals surface area contributed by atoms with E-state index < -0.39 is 10.0 Å². The lowest BCUT2D eigenvalue weighted by atomic mass is 9.95. The molecule has 1 saturated heterocycles. The maximum atomic E-state index is 12.8. The van der Waals surface area contributed by atoms with Gasteiger partial charge in [0.25, 0.3) is 0 Å². The lowest BCUT2D eigenvalue weighted by Gasteiger charge is -2.32. The molecule has 0 N–H and O–H groups in total. The first-order chi connectivity index (χ1) is 9.98. The Bertz CT molecular complexity index is 619. The van der Waals surface area contributed by atoms with Crippen LogP contribution < -0.4 is 0 Å². The SMILES string of the molecule is CC(Cl)C1CCN(S(=O)(=O)c2ccc3c(c2)CCC3)CC1. The number of fused-ring (bicyclic) bond motifs is 1. The Morgan fingerprint density at radius 1 is 1.19 bits per heavy atom. The van der Waals surface area contributed by atoms with E-state index in [2.05, 4.69) is 0 Å². The van der Waals surface area contributed by atoms with Crippen LogP contribution in [0.5, 0.6) is 0 Å². The normalized spacial score (nSPS) is 22.2. The molecule has 0 saturated carbocycles. The van der Waals surface area contributed by atoms with Crippen molar-refractivity contribution in [1.82, 2.24) is 4.31 Å². The minimum Gasteiger partial charge on any atom is -0.207 e. The van der Waals surface area contributed by atoms with Crippen molar-refractivity contribution in [3.63, 3.8) is 0 Å². The Morgan fingerprint density at radius 3 is 2.52 bits per heavy atom. The number of halogens is 1. The zero-order chi connectivity index (χ0) is 15.0. The fourth-order valence-corrected chi connectivity index (χ4v) is 5.21. The van der Waals surface area contributed by atoms with Crippen molar-refractivity contribution in [3.05, 3.63) is 29.3 Å². The first-order valence-corrected chi connectivity index (χ1v) is 9.62. The predicted octanol–water partition coefficient (Wildman–Crippen LogP) is 3.20. The van der Waals surface area contributed by atoms with Gasteiger partial charge in [-0.05, 0) is 68.2 Å². The minimum atomic E-state index is -3.34. The van der Waals surface area contributed by atoms with Crippen molar-refractivity contribution in [3.8, 4) is 0 Å². The molecule has 116 valence electrons. The fourth-order valence-electron chi connectivity index (χ4n) is 3.43. The summed E-state index contributed by atoms with van der Waals surface area (Å²) in [5, 5.41) is 0.120. The maximum absolute atomic E-state index is 12.8. The predicted molar refractivity (Wildman–Crippen MR) is 85.3 cm³/mol. The summed E-state index contributed by atoms with van der Waals surface area (Å²) >= 11 is 6.13. The van der Waals surface area contributed by atoms with Crippen LogP contribution in [0.2, 0.25) is 0 Å². The number of piperidine rings is 1. The van der Waals surface area contributed by atoms with E-state index >= 15 is 0 Å². The second-order valence-corrected chi connectivity index (χ2v) is 8.83. The van der Waals surface area contributed by atoms with Gasteiger partial charge in [0, 0.05) is 18.5 Å². The van der Waals surface area contributed by atoms with Crippen LogP contribution in [0.25, 0.3) is 0 Å². The van der Waals surface area contributed by atoms with Crippen LogP contribution >= 0.6 is 11.6 Å². The highest BCUT2D eigenvalue weighted by Gasteiger charge is 2.31. The highest BCUT2D eigenvalue weighted by atomic mass is 35.5. The number of benzene rings is 1. The van der Waals surface area contributed by atoms with Crippen molar-refractivity contribution < 1.29 is 8.42 Å². The molecule has 2 aliphatic rings. The van der Waals surface area contributed by atoms with Gasteiger partial charge in [-0.25, -0.2) is 8.42 Å². The quantitative estimate of drug-likeness (QED) is 0.799. The van der Waals surface area contributed by atoms with Gasteiger partial charge in [-0.15, -0.1) is 11.6 Å². The van der Waals surface area contributed by atoms with E-state index in [0.717, 1.165) is 32.1 Å². The number of hydrogen-bond acceptors (Lipinski definition) is 2. The molecular weight excluding hydrogens is 306 g/mol. The molecule has 1 aromatic carbocycles. The molecule has 0 spiro atoms. The van der Waals surface area contributed by atoms with Crippen molar-refractivity contribution in [2.75, 3.05) is 13.1 Å². The summed E-state index contributed by atoms with van der Waals surface area (Å²) in [6, 6.07) is 5.65. The van der Waals surface area contributed by atoms with E-state index in [-0.39, 0.29) is 5.38 Å². The molecule has 0 amide bonds. The summed E-state index contributed by atoms with van der Waals surface area (Å²) in [6.07, 6.45) is 4.93. The largest absolute Gasteiger partial charge is 0.243 e. The Kier molecular flexibility index (Phi) is 4.30. The minimum absolute atomic E-state index is 0.120. The van der Waals surface area contributed by atoms with Gasteiger partial charge < -0.3 is 0 Å². The van der Waals surface area contributed by atoms with Gasteiger partial charge >= 0.3 is 0 Å². The molecule has 1 aliphatic carbocycles. The van der Waals surface area contributed by atoms with Crippen molar-refractivity contribution >= 4 is 21.6 Å². The third kappa shape index (κ3) is 2.99. The van der Waals surface area contributed by atoms with Gasteiger partial charge in [0.2, 0.25) is 10.0 Å². The molecule has 1 atom stereocenters. The molecule has 1 aromatic rings. The Balaban J connectivity index is 1.78. The first-order valence-electron chi connectivity index (χ1n) is 7.74. The standard InChI is InChI=1S/C16H22ClNO2S/c1-12(17)13-7-9-18(10-8-13)21(19,20)16-6-5-14-3-2-4-15(14)11-16/h5-6,11-13H,2-4,7-10H2,1H3. The number of rotatable bonds is 3. The summed E-state index contributed by atoms with van der Waals surface area (Å²) in [6.45, 7) is 3.17. The van der Waals surface area contributed by atoms with E-state index in [4.69, 9.17) is 11.6 Å². The highest BCUT2D eigenvalue weighted by molar-refractivity contribution is 7.89. The third-order valence-corrected chi connectivity index (χ3v) is 7.11. The van der Waals surface area contributed by atoms with Crippen LogP contribution in [0, 0.1) is 5.92 Å². The van der Waals surface area contributed by atoms with Gasteiger partial charge in [-0.3, -0.25) is 0 Å². The van der Waals surface area contributed by atoms with Crippen LogP contribution in [0.4, 0.5) is 0 Å². The summed E-state index contributed by atoms with van der Waals surface area (Å²) in [5.74, 6) is 0.429. The molecular formula is C16H22ClNO2S. The molecule has 0 radical (unpaired) electrons. The molecule has 1 unspecified atom stereocenters. The number of nitrogens with zero attached hydrogens (tertiary/aromatic N) is 1. The first kappa shape index (κ1) is 15.3. The van der Waals surface area contributed by atoms with E-state index in [1.54, 1.807) is 10.4 Å². The summed E-state index contributed by atoms with van der Waals surface area (Å²) < 4.78 is 27.1. The van der Waals surface area contributed by atoms with Crippen molar-refractivity contribution in [2.45, 2.75) is 49.3 Å². The van der Waals surface area contributed by atoms with Crippen molar-refractivity contribution in [2.24, 2.45) is 5.92 Å². The fraction of sp³-hybridized carbons (Fsp3) is 0.625. The second-order valence-electron chi connectivity index (χ2n) is 6.20. The lowest BCUT2D eigenvalue weighted by molar-refractivity contribution is 0.271. The van der Waals surface area contributed by atoms with Gasteiger partial charge in [0.15, 0.2) is 0 Å². The molecule has 3 rings (SSSR count). The molecule has 0 aromatic heterocycles. The number of hydrogen-bond donors (Lipinski definition) is 0. The van der Waals surface area contributed by atoms with E-state index in [1.807, 2.05) is 19.1 Å². The zero-order valence-electron chi connectivity index (χ0n) is 12.4. The van der Waals surface area contributed by atoms with Crippen LogP contribution in [-0.4, -0.2) is 31.2 Å². The maximum Gasteiger partial charge on any atom is 0.243 e. The van der Waals surface area contributed by atoms with E-state index in [1.165, 1.54) is 11.1 Å². The zero-order valence-corrected chi connectivity index (χ0v) is 14.0. The van der Waals surface area contributed by atoms with Crippen LogP contribution in [0.15, 0.2) is 23.1 Å². The smallest absolute Gasteiger partial charge is 0.207 e. The average Bonchev–Trinajstić information content (AvgIpc) is 2.94. The van der Waals surface area contributed by atoms with Crippen molar-refractivity contribution in [1.29, 1.82) is 0 Å². The Hall–Kier alpha value is -0.580. The van der Waals surface area contributed by atoms with E-state index in [9.17, 15) is 8.42 Å². The molecule has 0 bridgehead atoms. The van der Waals surface area contributed by atoms with Gasteiger partial charge in [0.1, 0.15) is 0 Å². The van der Waals surface area contributed by atoms with Gasteiger partial charge in [-0.1, -0.05) is 6.07 Å². The molecule has 1 aliphatic heterocycles. The second kappa shape index (κ2) is 5.90. The number of sulfonamides is 1. The van der Waals surface area contributed by atoms with Crippen LogP contribution in [-0.2, 0) is 22.9 Å². The monoisotopic (exact) mass is 327 g/mol. The Labute approximate surface area is 132 Å². The Morgan fingerprint density at radius 2 is 1.86 bits per heavy atom. The van der Waals surface area contributed by atoms with E-state index in [0.29, 0.717) is 23.9 Å². The third-order valence-electron chi connectivity index (χ3n) is 4.86.